The smallest absolute Gasteiger partial charge is 0.144 e. The van der Waals surface area contributed by atoms with Gasteiger partial charge in [0.2, 0.25) is 0 Å². The van der Waals surface area contributed by atoms with Crippen LogP contribution in [0.5, 0.6) is 0 Å². The van der Waals surface area contributed by atoms with Gasteiger partial charge in [-0.15, -0.1) is 0 Å². The Balaban J connectivity index is 1.90. The average Bonchev–Trinajstić information content (AvgIpc) is 2.73. The van der Waals surface area contributed by atoms with Crippen LogP contribution in [-0.4, -0.2) is 29.6 Å². The molecule has 82 valence electrons. The molecule has 1 aromatic heterocycles. The standard InChI is InChI=1S/C11H18N4/c1-8-9(2)15-11(7-13-8)14-6-10-3-4-12-5-10/h7,10,12H,3-6H2,1-2H3,(H,14,15). The van der Waals surface area contributed by atoms with Crippen LogP contribution in [0.1, 0.15) is 17.8 Å². The largest absolute Gasteiger partial charge is 0.368 e. The zero-order valence-corrected chi connectivity index (χ0v) is 9.38. The molecular formula is C11H18N4. The van der Waals surface area contributed by atoms with E-state index in [1.165, 1.54) is 6.42 Å². The Bertz CT molecular complexity index is 331. The van der Waals surface area contributed by atoms with Crippen molar-refractivity contribution in [1.29, 1.82) is 0 Å². The fraction of sp³-hybridized carbons (Fsp3) is 0.636. The summed E-state index contributed by atoms with van der Waals surface area (Å²) in [7, 11) is 0. The number of anilines is 1. The molecule has 2 heterocycles. The van der Waals surface area contributed by atoms with Crippen molar-refractivity contribution in [1.82, 2.24) is 15.3 Å². The fourth-order valence-electron chi connectivity index (χ4n) is 1.76. The Hall–Kier alpha value is -1.16. The van der Waals surface area contributed by atoms with Gasteiger partial charge in [-0.3, -0.25) is 4.98 Å². The zero-order chi connectivity index (χ0) is 10.7. The van der Waals surface area contributed by atoms with Crippen molar-refractivity contribution in [2.24, 2.45) is 5.92 Å². The second kappa shape index (κ2) is 4.57. The molecule has 1 aliphatic heterocycles. The van der Waals surface area contributed by atoms with Crippen molar-refractivity contribution in [3.05, 3.63) is 17.6 Å². The maximum Gasteiger partial charge on any atom is 0.144 e. The third-order valence-electron chi connectivity index (χ3n) is 2.93. The summed E-state index contributed by atoms with van der Waals surface area (Å²) in [6.45, 7) is 7.22. The van der Waals surface area contributed by atoms with Crippen molar-refractivity contribution >= 4 is 5.82 Å². The van der Waals surface area contributed by atoms with Crippen LogP contribution in [0.3, 0.4) is 0 Å². The molecule has 0 bridgehead atoms. The highest BCUT2D eigenvalue weighted by molar-refractivity contribution is 5.33. The molecule has 1 unspecified atom stereocenters. The minimum absolute atomic E-state index is 0.730. The van der Waals surface area contributed by atoms with Gasteiger partial charge in [0.05, 0.1) is 17.6 Å². The van der Waals surface area contributed by atoms with Crippen LogP contribution in [-0.2, 0) is 0 Å². The minimum atomic E-state index is 0.730. The van der Waals surface area contributed by atoms with E-state index in [0.717, 1.165) is 42.8 Å². The van der Waals surface area contributed by atoms with Crippen LogP contribution in [0.4, 0.5) is 5.82 Å². The highest BCUT2D eigenvalue weighted by Crippen LogP contribution is 2.10. The molecule has 4 nitrogen and oxygen atoms in total. The lowest BCUT2D eigenvalue weighted by molar-refractivity contribution is 0.614. The molecule has 1 atom stereocenters. The van der Waals surface area contributed by atoms with Crippen molar-refractivity contribution < 1.29 is 0 Å². The quantitative estimate of drug-likeness (QED) is 0.778. The second-order valence-electron chi connectivity index (χ2n) is 4.17. The van der Waals surface area contributed by atoms with E-state index in [1.54, 1.807) is 0 Å². The fourth-order valence-corrected chi connectivity index (χ4v) is 1.76. The monoisotopic (exact) mass is 206 g/mol. The summed E-state index contributed by atoms with van der Waals surface area (Å²) in [6.07, 6.45) is 3.07. The molecule has 1 aliphatic rings. The molecule has 2 rings (SSSR count). The maximum absolute atomic E-state index is 4.44. The molecule has 0 saturated carbocycles. The summed E-state index contributed by atoms with van der Waals surface area (Å²) < 4.78 is 0. The topological polar surface area (TPSA) is 49.8 Å². The average molecular weight is 206 g/mol. The zero-order valence-electron chi connectivity index (χ0n) is 9.38. The van der Waals surface area contributed by atoms with E-state index >= 15 is 0 Å². The van der Waals surface area contributed by atoms with E-state index < -0.39 is 0 Å². The molecule has 0 amide bonds. The van der Waals surface area contributed by atoms with Crippen LogP contribution in [0, 0.1) is 19.8 Å². The van der Waals surface area contributed by atoms with Gasteiger partial charge in [-0.05, 0) is 39.3 Å². The first-order valence-corrected chi connectivity index (χ1v) is 5.50. The number of hydrogen-bond donors (Lipinski definition) is 2. The summed E-state index contributed by atoms with van der Waals surface area (Å²) in [6, 6.07) is 0. The SMILES string of the molecule is Cc1ncc(NCC2CCNC2)nc1C. The molecule has 0 spiro atoms. The number of hydrogen-bond acceptors (Lipinski definition) is 4. The van der Waals surface area contributed by atoms with Crippen molar-refractivity contribution in [2.45, 2.75) is 20.3 Å². The number of nitrogens with one attached hydrogen (secondary N) is 2. The van der Waals surface area contributed by atoms with E-state index in [1.807, 2.05) is 20.0 Å². The Morgan fingerprint density at radius 3 is 3.00 bits per heavy atom. The van der Waals surface area contributed by atoms with Crippen LogP contribution in [0.25, 0.3) is 0 Å². The first-order valence-electron chi connectivity index (χ1n) is 5.50. The van der Waals surface area contributed by atoms with Gasteiger partial charge in [0.15, 0.2) is 0 Å². The minimum Gasteiger partial charge on any atom is -0.368 e. The molecule has 0 aromatic carbocycles. The summed E-state index contributed by atoms with van der Waals surface area (Å²) >= 11 is 0. The van der Waals surface area contributed by atoms with Gasteiger partial charge < -0.3 is 10.6 Å². The number of aryl methyl sites for hydroxylation is 2. The van der Waals surface area contributed by atoms with Gasteiger partial charge in [-0.25, -0.2) is 4.98 Å². The molecule has 1 aromatic rings. The van der Waals surface area contributed by atoms with E-state index in [2.05, 4.69) is 20.6 Å². The highest BCUT2D eigenvalue weighted by atomic mass is 15.0. The Kier molecular flexibility index (Phi) is 3.16. The molecule has 0 radical (unpaired) electrons. The van der Waals surface area contributed by atoms with Gasteiger partial charge in [-0.1, -0.05) is 0 Å². The van der Waals surface area contributed by atoms with E-state index in [9.17, 15) is 0 Å². The highest BCUT2D eigenvalue weighted by Gasteiger charge is 2.13. The van der Waals surface area contributed by atoms with Crippen molar-refractivity contribution in [3.8, 4) is 0 Å². The predicted octanol–water partition coefficient (Wildman–Crippen LogP) is 1.11. The van der Waals surface area contributed by atoms with Gasteiger partial charge in [0, 0.05) is 6.54 Å². The van der Waals surface area contributed by atoms with E-state index in [0.29, 0.717) is 0 Å². The predicted molar refractivity (Wildman–Crippen MR) is 61.0 cm³/mol. The Morgan fingerprint density at radius 2 is 2.33 bits per heavy atom. The van der Waals surface area contributed by atoms with Crippen LogP contribution < -0.4 is 10.6 Å². The van der Waals surface area contributed by atoms with Gasteiger partial charge >= 0.3 is 0 Å². The molecule has 2 N–H and O–H groups in total. The van der Waals surface area contributed by atoms with Crippen LogP contribution in [0.2, 0.25) is 0 Å². The van der Waals surface area contributed by atoms with Crippen LogP contribution in [0.15, 0.2) is 6.20 Å². The van der Waals surface area contributed by atoms with Crippen LogP contribution >= 0.6 is 0 Å². The van der Waals surface area contributed by atoms with Gasteiger partial charge in [-0.2, -0.15) is 0 Å². The van der Waals surface area contributed by atoms with E-state index in [4.69, 9.17) is 0 Å². The number of rotatable bonds is 3. The van der Waals surface area contributed by atoms with Crippen molar-refractivity contribution in [3.63, 3.8) is 0 Å². The normalized spacial score (nSPS) is 20.5. The molecular weight excluding hydrogens is 188 g/mol. The van der Waals surface area contributed by atoms with E-state index in [-0.39, 0.29) is 0 Å². The molecule has 1 fully saturated rings. The summed E-state index contributed by atoms with van der Waals surface area (Å²) in [5.41, 5.74) is 2.01. The number of aromatic nitrogens is 2. The molecule has 0 aliphatic carbocycles. The first kappa shape index (κ1) is 10.4. The lowest BCUT2D eigenvalue weighted by atomic mass is 10.1. The third kappa shape index (κ3) is 2.65. The second-order valence-corrected chi connectivity index (χ2v) is 4.17. The first-order chi connectivity index (χ1) is 7.25. The van der Waals surface area contributed by atoms with Crippen molar-refractivity contribution in [2.75, 3.05) is 25.0 Å². The van der Waals surface area contributed by atoms with Gasteiger partial charge in [0.25, 0.3) is 0 Å². The van der Waals surface area contributed by atoms with Gasteiger partial charge in [0.1, 0.15) is 5.82 Å². The Labute approximate surface area is 90.5 Å². The lowest BCUT2D eigenvalue weighted by Gasteiger charge is -2.11. The lowest BCUT2D eigenvalue weighted by Crippen LogP contribution is -2.18. The summed E-state index contributed by atoms with van der Waals surface area (Å²) in [4.78, 5) is 8.72. The maximum atomic E-state index is 4.44. The Morgan fingerprint density at radius 1 is 1.47 bits per heavy atom. The third-order valence-corrected chi connectivity index (χ3v) is 2.93. The number of nitrogens with zero attached hydrogens (tertiary/aromatic N) is 2. The molecule has 15 heavy (non-hydrogen) atoms. The molecule has 4 heteroatoms. The molecule has 1 saturated heterocycles. The summed E-state index contributed by atoms with van der Waals surface area (Å²) in [5.74, 6) is 1.62. The summed E-state index contributed by atoms with van der Waals surface area (Å²) in [5, 5.41) is 6.69.